The van der Waals surface area contributed by atoms with Gasteiger partial charge in [0, 0.05) is 11.6 Å². The van der Waals surface area contributed by atoms with Crippen molar-refractivity contribution in [1.29, 1.82) is 0 Å². The van der Waals surface area contributed by atoms with E-state index < -0.39 is 0 Å². The van der Waals surface area contributed by atoms with Crippen LogP contribution in [-0.2, 0) is 0 Å². The minimum absolute atomic E-state index is 0.620. The highest BCUT2D eigenvalue weighted by Gasteiger charge is 2.13. The van der Waals surface area contributed by atoms with Crippen LogP contribution in [0.25, 0.3) is 10.8 Å². The first-order chi connectivity index (χ1) is 7.34. The van der Waals surface area contributed by atoms with E-state index in [9.17, 15) is 0 Å². The van der Waals surface area contributed by atoms with Gasteiger partial charge in [0.2, 0.25) is 0 Å². The van der Waals surface area contributed by atoms with Crippen molar-refractivity contribution in [2.75, 3.05) is 13.2 Å². The zero-order valence-electron chi connectivity index (χ0n) is 7.87. The van der Waals surface area contributed by atoms with Crippen LogP contribution in [0.5, 0.6) is 11.5 Å². The Morgan fingerprint density at radius 1 is 1.13 bits per heavy atom. The number of nitrogens with zero attached hydrogens (tertiary/aromatic N) is 1. The first kappa shape index (κ1) is 9.21. The Bertz CT molecular complexity index is 527. The molecule has 0 amide bonds. The van der Waals surface area contributed by atoms with Gasteiger partial charge in [-0.2, -0.15) is 0 Å². The quantitative estimate of drug-likeness (QED) is 0.553. The Morgan fingerprint density at radius 2 is 1.87 bits per heavy atom. The zero-order chi connectivity index (χ0) is 10.3. The van der Waals surface area contributed by atoms with Gasteiger partial charge in [-0.1, -0.05) is 0 Å². The lowest BCUT2D eigenvalue weighted by molar-refractivity contribution is 0.172. The van der Waals surface area contributed by atoms with E-state index in [4.69, 9.17) is 9.47 Å². The summed E-state index contributed by atoms with van der Waals surface area (Å²) in [6.45, 7) is 1.25. The number of benzene rings is 1. The number of halogens is 1. The molecule has 15 heavy (non-hydrogen) atoms. The molecule has 0 atom stereocenters. The number of fused-ring (bicyclic) bond motifs is 2. The summed E-state index contributed by atoms with van der Waals surface area (Å²) in [7, 11) is 0. The first-order valence-electron chi connectivity index (χ1n) is 4.68. The van der Waals surface area contributed by atoms with Crippen LogP contribution in [0, 0.1) is 3.70 Å². The van der Waals surface area contributed by atoms with Crippen molar-refractivity contribution in [3.05, 3.63) is 28.1 Å². The van der Waals surface area contributed by atoms with E-state index in [0.29, 0.717) is 13.2 Å². The Labute approximate surface area is 101 Å². The van der Waals surface area contributed by atoms with Gasteiger partial charge in [-0.3, -0.25) is 0 Å². The minimum Gasteiger partial charge on any atom is -0.486 e. The molecule has 0 spiro atoms. The molecular formula is C11H8INO2. The lowest BCUT2D eigenvalue weighted by Gasteiger charge is -2.18. The fourth-order valence-corrected chi connectivity index (χ4v) is 2.30. The second-order valence-electron chi connectivity index (χ2n) is 3.32. The molecule has 1 aromatic carbocycles. The summed E-state index contributed by atoms with van der Waals surface area (Å²) in [5.41, 5.74) is 0. The third-order valence-corrected chi connectivity index (χ3v) is 3.24. The molecule has 0 saturated heterocycles. The molecule has 0 bridgehead atoms. The average molecular weight is 313 g/mol. The molecule has 1 aromatic heterocycles. The van der Waals surface area contributed by atoms with E-state index in [1.807, 2.05) is 18.2 Å². The average Bonchev–Trinajstić information content (AvgIpc) is 2.27. The summed E-state index contributed by atoms with van der Waals surface area (Å²) >= 11 is 2.23. The number of rotatable bonds is 0. The molecular weight excluding hydrogens is 305 g/mol. The summed E-state index contributed by atoms with van der Waals surface area (Å²) in [4.78, 5) is 4.25. The van der Waals surface area contributed by atoms with Crippen molar-refractivity contribution >= 4 is 33.4 Å². The topological polar surface area (TPSA) is 31.4 Å². The van der Waals surface area contributed by atoms with Gasteiger partial charge in [-0.15, -0.1) is 0 Å². The molecule has 1 aliphatic heterocycles. The van der Waals surface area contributed by atoms with Crippen LogP contribution in [0.4, 0.5) is 0 Å². The molecule has 0 saturated carbocycles. The van der Waals surface area contributed by atoms with E-state index in [-0.39, 0.29) is 0 Å². The number of ether oxygens (including phenoxy) is 2. The Hall–Kier alpha value is -1.04. The molecule has 0 unspecified atom stereocenters. The molecule has 76 valence electrons. The molecule has 0 N–H and O–H groups in total. The lowest BCUT2D eigenvalue weighted by Crippen LogP contribution is -2.15. The van der Waals surface area contributed by atoms with Gasteiger partial charge in [0.25, 0.3) is 0 Å². The smallest absolute Gasteiger partial charge is 0.162 e. The van der Waals surface area contributed by atoms with E-state index >= 15 is 0 Å². The first-order valence-corrected chi connectivity index (χ1v) is 5.76. The molecule has 4 heteroatoms. The van der Waals surface area contributed by atoms with Crippen molar-refractivity contribution in [2.24, 2.45) is 0 Å². The van der Waals surface area contributed by atoms with Gasteiger partial charge < -0.3 is 9.47 Å². The van der Waals surface area contributed by atoms with Gasteiger partial charge >= 0.3 is 0 Å². The van der Waals surface area contributed by atoms with Gasteiger partial charge in [-0.05, 0) is 46.2 Å². The monoisotopic (exact) mass is 313 g/mol. The molecule has 3 rings (SSSR count). The minimum atomic E-state index is 0.620. The maximum atomic E-state index is 5.53. The van der Waals surface area contributed by atoms with Gasteiger partial charge in [0.1, 0.15) is 16.9 Å². The number of hydrogen-bond acceptors (Lipinski definition) is 3. The summed E-state index contributed by atoms with van der Waals surface area (Å²) in [6.07, 6.45) is 1.81. The van der Waals surface area contributed by atoms with Crippen molar-refractivity contribution < 1.29 is 9.47 Å². The molecule has 1 aliphatic rings. The van der Waals surface area contributed by atoms with Crippen LogP contribution >= 0.6 is 22.6 Å². The Balaban J connectivity index is 2.31. The molecule has 0 radical (unpaired) electrons. The second-order valence-corrected chi connectivity index (χ2v) is 4.34. The van der Waals surface area contributed by atoms with Crippen LogP contribution < -0.4 is 9.47 Å². The number of hydrogen-bond donors (Lipinski definition) is 0. The fraction of sp³-hybridized carbons (Fsp3) is 0.182. The van der Waals surface area contributed by atoms with Crippen molar-refractivity contribution in [1.82, 2.24) is 4.98 Å². The number of aromatic nitrogens is 1. The van der Waals surface area contributed by atoms with Crippen molar-refractivity contribution in [3.63, 3.8) is 0 Å². The van der Waals surface area contributed by atoms with E-state index in [0.717, 1.165) is 26.0 Å². The second kappa shape index (κ2) is 3.52. The van der Waals surface area contributed by atoms with Gasteiger partial charge in [0.15, 0.2) is 11.5 Å². The van der Waals surface area contributed by atoms with Gasteiger partial charge in [0.05, 0.1) is 0 Å². The molecule has 0 aliphatic carbocycles. The largest absolute Gasteiger partial charge is 0.486 e. The number of pyridine rings is 1. The predicted molar refractivity (Wildman–Crippen MR) is 65.5 cm³/mol. The van der Waals surface area contributed by atoms with Crippen LogP contribution in [0.15, 0.2) is 24.4 Å². The maximum Gasteiger partial charge on any atom is 0.162 e. The molecule has 2 heterocycles. The standard InChI is InChI=1S/C11H8INO2/c12-11-8-6-10-9(14-3-4-15-10)5-7(8)1-2-13-11/h1-2,5-6H,3-4H2. The Kier molecular flexibility index (Phi) is 2.16. The molecule has 0 fully saturated rings. The van der Waals surface area contributed by atoms with Crippen LogP contribution in [0.2, 0.25) is 0 Å². The highest BCUT2D eigenvalue weighted by atomic mass is 127. The maximum absolute atomic E-state index is 5.53. The van der Waals surface area contributed by atoms with Gasteiger partial charge in [-0.25, -0.2) is 4.98 Å². The van der Waals surface area contributed by atoms with Crippen LogP contribution in [0.1, 0.15) is 0 Å². The highest BCUT2D eigenvalue weighted by Crippen LogP contribution is 2.35. The third kappa shape index (κ3) is 1.52. The predicted octanol–water partition coefficient (Wildman–Crippen LogP) is 2.61. The molecule has 3 nitrogen and oxygen atoms in total. The summed E-state index contributed by atoms with van der Waals surface area (Å²) in [5, 5.41) is 2.25. The highest BCUT2D eigenvalue weighted by molar-refractivity contribution is 14.1. The van der Waals surface area contributed by atoms with E-state index in [1.165, 1.54) is 0 Å². The Morgan fingerprint density at radius 3 is 2.67 bits per heavy atom. The lowest BCUT2D eigenvalue weighted by atomic mass is 10.1. The molecule has 2 aromatic rings. The van der Waals surface area contributed by atoms with Crippen LogP contribution in [0.3, 0.4) is 0 Å². The summed E-state index contributed by atoms with van der Waals surface area (Å²) < 4.78 is 12.0. The van der Waals surface area contributed by atoms with Crippen molar-refractivity contribution in [2.45, 2.75) is 0 Å². The third-order valence-electron chi connectivity index (χ3n) is 2.38. The van der Waals surface area contributed by atoms with Crippen molar-refractivity contribution in [3.8, 4) is 11.5 Å². The fourth-order valence-electron chi connectivity index (χ4n) is 1.67. The van der Waals surface area contributed by atoms with E-state index in [1.54, 1.807) is 6.20 Å². The summed E-state index contributed by atoms with van der Waals surface area (Å²) in [6, 6.07) is 5.99. The summed E-state index contributed by atoms with van der Waals surface area (Å²) in [5.74, 6) is 1.65. The zero-order valence-corrected chi connectivity index (χ0v) is 10.0. The SMILES string of the molecule is Ic1nccc2cc3c(cc12)OCCO3. The normalized spacial score (nSPS) is 14.2. The van der Waals surface area contributed by atoms with E-state index in [2.05, 4.69) is 27.6 Å². The van der Waals surface area contributed by atoms with Crippen LogP contribution in [-0.4, -0.2) is 18.2 Å².